The first-order chi connectivity index (χ1) is 11.2. The quantitative estimate of drug-likeness (QED) is 0.804. The number of carbonyl (C=O) groups excluding carboxylic acids is 1. The minimum atomic E-state index is -0.132. The van der Waals surface area contributed by atoms with Crippen molar-refractivity contribution < 1.29 is 4.79 Å². The van der Waals surface area contributed by atoms with E-state index in [1.165, 1.54) is 5.56 Å². The van der Waals surface area contributed by atoms with Crippen molar-refractivity contribution in [3.8, 4) is 0 Å². The third-order valence-electron chi connectivity index (χ3n) is 5.48. The molecule has 1 saturated heterocycles. The molecule has 1 aromatic rings. The van der Waals surface area contributed by atoms with Gasteiger partial charge in [-0.1, -0.05) is 44.2 Å². The molecule has 3 nitrogen and oxygen atoms in total. The van der Waals surface area contributed by atoms with Gasteiger partial charge in [-0.3, -0.25) is 9.69 Å². The zero-order valence-corrected chi connectivity index (χ0v) is 16.3. The third kappa shape index (κ3) is 4.00. The first-order valence-electron chi connectivity index (χ1n) is 9.31. The molecule has 0 saturated carbocycles. The average molecular weight is 331 g/mol. The molecule has 0 N–H and O–H groups in total. The lowest BCUT2D eigenvalue weighted by Gasteiger charge is -2.56. The molecular weight excluding hydrogens is 296 g/mol. The summed E-state index contributed by atoms with van der Waals surface area (Å²) in [5.41, 5.74) is 1.13. The number of likely N-dealkylation sites (N-methyl/N-ethyl adjacent to an activating group) is 1. The van der Waals surface area contributed by atoms with Crippen molar-refractivity contribution in [2.24, 2.45) is 0 Å². The molecule has 0 atom stereocenters. The number of benzene rings is 1. The van der Waals surface area contributed by atoms with E-state index in [0.29, 0.717) is 12.5 Å². The topological polar surface area (TPSA) is 23.6 Å². The van der Waals surface area contributed by atoms with Gasteiger partial charge in [-0.15, -0.1) is 0 Å². The molecule has 0 radical (unpaired) electrons. The normalized spacial score (nSPS) is 20.4. The van der Waals surface area contributed by atoms with Gasteiger partial charge in [0.05, 0.1) is 6.54 Å². The lowest BCUT2D eigenvalue weighted by molar-refractivity contribution is -0.151. The van der Waals surface area contributed by atoms with E-state index in [2.05, 4.69) is 81.7 Å². The fourth-order valence-corrected chi connectivity index (χ4v) is 4.63. The van der Waals surface area contributed by atoms with Crippen LogP contribution in [0, 0.1) is 0 Å². The Hall–Kier alpha value is -1.35. The zero-order valence-electron chi connectivity index (χ0n) is 16.3. The van der Waals surface area contributed by atoms with Crippen molar-refractivity contribution in [3.63, 3.8) is 0 Å². The van der Waals surface area contributed by atoms with Crippen LogP contribution in [0.5, 0.6) is 0 Å². The predicted octanol–water partition coefficient (Wildman–Crippen LogP) is 4.29. The van der Waals surface area contributed by atoms with Crippen LogP contribution in [-0.4, -0.2) is 46.4 Å². The van der Waals surface area contributed by atoms with E-state index in [4.69, 9.17) is 0 Å². The van der Waals surface area contributed by atoms with Gasteiger partial charge in [-0.05, 0) is 65.1 Å². The Balaban J connectivity index is 2.23. The summed E-state index contributed by atoms with van der Waals surface area (Å²) < 4.78 is 0. The molecule has 1 amide bonds. The van der Waals surface area contributed by atoms with Crippen LogP contribution in [0.1, 0.15) is 65.9 Å². The van der Waals surface area contributed by atoms with Crippen LogP contribution >= 0.6 is 0 Å². The molecule has 1 aliphatic rings. The van der Waals surface area contributed by atoms with E-state index in [1.807, 2.05) is 0 Å². The summed E-state index contributed by atoms with van der Waals surface area (Å²) in [6, 6.07) is 10.8. The van der Waals surface area contributed by atoms with Crippen LogP contribution in [0.15, 0.2) is 30.3 Å². The maximum atomic E-state index is 13.1. The molecule has 0 aliphatic carbocycles. The molecule has 2 rings (SSSR count). The summed E-state index contributed by atoms with van der Waals surface area (Å²) in [6.07, 6.45) is 2.04. The number of likely N-dealkylation sites (tertiary alicyclic amines) is 1. The Morgan fingerprint density at radius 1 is 1.04 bits per heavy atom. The van der Waals surface area contributed by atoms with Crippen LogP contribution in [-0.2, 0) is 4.79 Å². The summed E-state index contributed by atoms with van der Waals surface area (Å²) in [4.78, 5) is 17.5. The van der Waals surface area contributed by atoms with Crippen LogP contribution in [0.2, 0.25) is 0 Å². The fraction of sp³-hybridized carbons (Fsp3) is 0.667. The Kier molecular flexibility index (Phi) is 5.74. The standard InChI is InChI=1S/C21H34N2O/c1-7-22(8-2)16-19(24)23-20(3,4)14-18(15-21(23,5)6)17-12-10-9-11-13-17/h9-13,18H,7-8,14-16H2,1-6H3. The highest BCUT2D eigenvalue weighted by atomic mass is 16.2. The lowest BCUT2D eigenvalue weighted by atomic mass is 9.71. The Bertz CT molecular complexity index is 528. The highest BCUT2D eigenvalue weighted by Crippen LogP contribution is 2.45. The molecule has 0 spiro atoms. The monoisotopic (exact) mass is 330 g/mol. The minimum Gasteiger partial charge on any atom is -0.331 e. The second-order valence-electron chi connectivity index (χ2n) is 8.33. The van der Waals surface area contributed by atoms with Crippen LogP contribution < -0.4 is 0 Å². The maximum absolute atomic E-state index is 13.1. The van der Waals surface area contributed by atoms with Gasteiger partial charge in [0.25, 0.3) is 0 Å². The average Bonchev–Trinajstić information content (AvgIpc) is 2.51. The van der Waals surface area contributed by atoms with E-state index in [0.717, 1.165) is 25.9 Å². The van der Waals surface area contributed by atoms with E-state index in [1.54, 1.807) is 0 Å². The van der Waals surface area contributed by atoms with Gasteiger partial charge in [-0.2, -0.15) is 0 Å². The molecule has 0 aromatic heterocycles. The summed E-state index contributed by atoms with van der Waals surface area (Å²) in [6.45, 7) is 15.5. The first-order valence-corrected chi connectivity index (χ1v) is 9.31. The van der Waals surface area contributed by atoms with Crippen molar-refractivity contribution >= 4 is 5.91 Å². The Morgan fingerprint density at radius 2 is 1.54 bits per heavy atom. The predicted molar refractivity (Wildman–Crippen MR) is 101 cm³/mol. The summed E-state index contributed by atoms with van der Waals surface area (Å²) in [7, 11) is 0. The van der Waals surface area contributed by atoms with Gasteiger partial charge < -0.3 is 4.90 Å². The fourth-order valence-electron chi connectivity index (χ4n) is 4.63. The van der Waals surface area contributed by atoms with Crippen molar-refractivity contribution in [1.29, 1.82) is 0 Å². The maximum Gasteiger partial charge on any atom is 0.237 e. The second-order valence-corrected chi connectivity index (χ2v) is 8.33. The van der Waals surface area contributed by atoms with E-state index in [9.17, 15) is 4.79 Å². The number of hydrogen-bond acceptors (Lipinski definition) is 2. The minimum absolute atomic E-state index is 0.132. The number of rotatable bonds is 5. The summed E-state index contributed by atoms with van der Waals surface area (Å²) in [5.74, 6) is 0.772. The van der Waals surface area contributed by atoms with Gasteiger partial charge in [0, 0.05) is 11.1 Å². The van der Waals surface area contributed by atoms with E-state index in [-0.39, 0.29) is 17.0 Å². The molecule has 0 unspecified atom stereocenters. The Labute approximate surface area is 148 Å². The molecule has 1 heterocycles. The summed E-state index contributed by atoms with van der Waals surface area (Å²) >= 11 is 0. The molecule has 0 bridgehead atoms. The molecule has 24 heavy (non-hydrogen) atoms. The third-order valence-corrected chi connectivity index (χ3v) is 5.48. The molecule has 134 valence electrons. The van der Waals surface area contributed by atoms with Crippen LogP contribution in [0.25, 0.3) is 0 Å². The molecule has 1 aliphatic heterocycles. The zero-order chi connectivity index (χ0) is 18.0. The van der Waals surface area contributed by atoms with Crippen molar-refractivity contribution in [3.05, 3.63) is 35.9 Å². The van der Waals surface area contributed by atoms with E-state index >= 15 is 0 Å². The van der Waals surface area contributed by atoms with Crippen LogP contribution in [0.4, 0.5) is 0 Å². The second kappa shape index (κ2) is 7.26. The smallest absolute Gasteiger partial charge is 0.237 e. The van der Waals surface area contributed by atoms with Gasteiger partial charge in [0.2, 0.25) is 5.91 Å². The molecule has 1 fully saturated rings. The number of nitrogens with zero attached hydrogens (tertiary/aromatic N) is 2. The highest BCUT2D eigenvalue weighted by Gasteiger charge is 2.47. The van der Waals surface area contributed by atoms with Crippen LogP contribution in [0.3, 0.4) is 0 Å². The number of hydrogen-bond donors (Lipinski definition) is 0. The number of piperidine rings is 1. The SMILES string of the molecule is CCN(CC)CC(=O)N1C(C)(C)CC(c2ccccc2)CC1(C)C. The molecular formula is C21H34N2O. The van der Waals surface area contributed by atoms with Gasteiger partial charge in [-0.25, -0.2) is 0 Å². The first kappa shape index (κ1) is 19.0. The number of amides is 1. The highest BCUT2D eigenvalue weighted by molar-refractivity contribution is 5.80. The van der Waals surface area contributed by atoms with Crippen molar-refractivity contribution in [2.75, 3.05) is 19.6 Å². The summed E-state index contributed by atoms with van der Waals surface area (Å²) in [5, 5.41) is 0. The van der Waals surface area contributed by atoms with Gasteiger partial charge in [0.15, 0.2) is 0 Å². The Morgan fingerprint density at radius 3 is 2.00 bits per heavy atom. The van der Waals surface area contributed by atoms with Crippen molar-refractivity contribution in [2.45, 2.75) is 71.4 Å². The number of carbonyl (C=O) groups is 1. The van der Waals surface area contributed by atoms with Gasteiger partial charge >= 0.3 is 0 Å². The van der Waals surface area contributed by atoms with Gasteiger partial charge in [0.1, 0.15) is 0 Å². The largest absolute Gasteiger partial charge is 0.331 e. The molecule has 3 heteroatoms. The van der Waals surface area contributed by atoms with Crippen molar-refractivity contribution in [1.82, 2.24) is 9.80 Å². The van der Waals surface area contributed by atoms with E-state index < -0.39 is 0 Å². The molecule has 1 aromatic carbocycles. The lowest BCUT2D eigenvalue weighted by Crippen LogP contribution is -2.64.